The zero-order valence-corrected chi connectivity index (χ0v) is 8.73. The van der Waals surface area contributed by atoms with Crippen molar-refractivity contribution in [3.05, 3.63) is 47.2 Å². The number of hydrogen-bond acceptors (Lipinski definition) is 3. The molecule has 0 bridgehead atoms. The van der Waals surface area contributed by atoms with Crippen LogP contribution >= 0.6 is 0 Å². The van der Waals surface area contributed by atoms with E-state index in [9.17, 15) is 0 Å². The molecule has 78 valence electrons. The molecular weight excluding hydrogens is 188 g/mol. The highest BCUT2D eigenvalue weighted by Crippen LogP contribution is 2.16. The Morgan fingerprint density at radius 3 is 2.53 bits per heavy atom. The minimum absolute atomic E-state index is 0.429. The fourth-order valence-electron chi connectivity index (χ4n) is 1.52. The quantitative estimate of drug-likeness (QED) is 0.831. The molecule has 2 aromatic rings. The van der Waals surface area contributed by atoms with Gasteiger partial charge in [0, 0.05) is 5.56 Å². The van der Waals surface area contributed by atoms with Crippen LogP contribution in [0.1, 0.15) is 16.8 Å². The molecule has 1 aromatic carbocycles. The molecule has 0 spiro atoms. The molecule has 0 saturated heterocycles. The summed E-state index contributed by atoms with van der Waals surface area (Å²) >= 11 is 0. The lowest BCUT2D eigenvalue weighted by molar-refractivity contribution is 0.427. The van der Waals surface area contributed by atoms with Crippen LogP contribution in [0.2, 0.25) is 0 Å². The molecule has 0 aliphatic carbocycles. The lowest BCUT2D eigenvalue weighted by Gasteiger charge is -1.98. The molecular formula is C12H14N2O. The van der Waals surface area contributed by atoms with E-state index < -0.39 is 0 Å². The molecule has 0 aliphatic rings. The zero-order chi connectivity index (χ0) is 10.7. The second-order valence-electron chi connectivity index (χ2n) is 3.60. The number of aromatic nitrogens is 1. The summed E-state index contributed by atoms with van der Waals surface area (Å²) in [5.41, 5.74) is 8.80. The minimum atomic E-state index is 0.429. The number of anilines is 1. The fourth-order valence-corrected chi connectivity index (χ4v) is 1.52. The van der Waals surface area contributed by atoms with E-state index >= 15 is 0 Å². The third-order valence-electron chi connectivity index (χ3n) is 2.55. The minimum Gasteiger partial charge on any atom is -0.367 e. The summed E-state index contributed by atoms with van der Waals surface area (Å²) in [7, 11) is 0. The van der Waals surface area contributed by atoms with Crippen molar-refractivity contribution in [2.45, 2.75) is 19.8 Å². The van der Waals surface area contributed by atoms with Crippen molar-refractivity contribution in [3.63, 3.8) is 0 Å². The van der Waals surface area contributed by atoms with Gasteiger partial charge in [0.25, 0.3) is 0 Å². The lowest BCUT2D eigenvalue weighted by atomic mass is 10.1. The van der Waals surface area contributed by atoms with Gasteiger partial charge in [-0.2, -0.15) is 0 Å². The van der Waals surface area contributed by atoms with Crippen molar-refractivity contribution in [1.29, 1.82) is 0 Å². The first kappa shape index (κ1) is 9.77. The first-order valence-electron chi connectivity index (χ1n) is 5.02. The van der Waals surface area contributed by atoms with Gasteiger partial charge in [0.15, 0.2) is 0 Å². The Hall–Kier alpha value is -1.77. The van der Waals surface area contributed by atoms with Crippen molar-refractivity contribution in [2.24, 2.45) is 0 Å². The van der Waals surface area contributed by atoms with Gasteiger partial charge in [-0.3, -0.25) is 0 Å². The summed E-state index contributed by atoms with van der Waals surface area (Å²) in [6.07, 6.45) is 1.84. The summed E-state index contributed by atoms with van der Waals surface area (Å²) in [4.78, 5) is 0. The van der Waals surface area contributed by atoms with Gasteiger partial charge in [-0.15, -0.1) is 0 Å². The second-order valence-corrected chi connectivity index (χ2v) is 3.60. The van der Waals surface area contributed by atoms with Crippen molar-refractivity contribution in [1.82, 2.24) is 5.16 Å². The van der Waals surface area contributed by atoms with Crippen molar-refractivity contribution in [2.75, 3.05) is 5.73 Å². The van der Waals surface area contributed by atoms with Crippen LogP contribution in [0, 0.1) is 6.92 Å². The van der Waals surface area contributed by atoms with Crippen LogP contribution in [-0.2, 0) is 12.8 Å². The molecule has 0 amide bonds. The molecule has 0 atom stereocenters. The van der Waals surface area contributed by atoms with Gasteiger partial charge in [0.05, 0.1) is 5.69 Å². The van der Waals surface area contributed by atoms with Gasteiger partial charge in [-0.1, -0.05) is 35.5 Å². The predicted octanol–water partition coefficient (Wildman–Crippen LogP) is 2.35. The zero-order valence-electron chi connectivity index (χ0n) is 8.73. The molecule has 0 saturated carbocycles. The van der Waals surface area contributed by atoms with Crippen molar-refractivity contribution in [3.8, 4) is 0 Å². The molecule has 1 heterocycles. The van der Waals surface area contributed by atoms with E-state index in [0.717, 1.165) is 24.1 Å². The number of nitrogens with two attached hydrogens (primary N) is 1. The Balaban J connectivity index is 2.02. The number of hydrogen-bond donors (Lipinski definition) is 1. The van der Waals surface area contributed by atoms with E-state index in [2.05, 4.69) is 17.3 Å². The number of nitrogens with zero attached hydrogens (tertiary/aromatic N) is 1. The maximum absolute atomic E-state index is 5.58. The van der Waals surface area contributed by atoms with Crippen LogP contribution in [0.4, 0.5) is 5.88 Å². The van der Waals surface area contributed by atoms with Gasteiger partial charge in [-0.05, 0) is 25.3 Å². The molecule has 15 heavy (non-hydrogen) atoms. The highest BCUT2D eigenvalue weighted by atomic mass is 16.5. The van der Waals surface area contributed by atoms with E-state index in [1.54, 1.807) is 0 Å². The predicted molar refractivity (Wildman–Crippen MR) is 59.5 cm³/mol. The Bertz CT molecular complexity index is 434. The van der Waals surface area contributed by atoms with Crippen LogP contribution in [-0.4, -0.2) is 5.16 Å². The summed E-state index contributed by atoms with van der Waals surface area (Å²) < 4.78 is 4.91. The molecule has 0 unspecified atom stereocenters. The number of benzene rings is 1. The third-order valence-corrected chi connectivity index (χ3v) is 2.55. The maximum atomic E-state index is 5.58. The van der Waals surface area contributed by atoms with Gasteiger partial charge in [0.2, 0.25) is 5.88 Å². The molecule has 2 rings (SSSR count). The topological polar surface area (TPSA) is 52.0 Å². The van der Waals surface area contributed by atoms with Crippen molar-refractivity contribution >= 4 is 5.88 Å². The highest BCUT2D eigenvalue weighted by molar-refractivity contribution is 5.37. The van der Waals surface area contributed by atoms with Crippen LogP contribution in [0.25, 0.3) is 0 Å². The summed E-state index contributed by atoms with van der Waals surface area (Å²) in [6.45, 7) is 1.94. The van der Waals surface area contributed by atoms with E-state index in [4.69, 9.17) is 10.3 Å². The smallest absolute Gasteiger partial charge is 0.225 e. The summed E-state index contributed by atoms with van der Waals surface area (Å²) in [5.74, 6) is 0.429. The molecule has 2 N–H and O–H groups in total. The Morgan fingerprint density at radius 2 is 1.93 bits per heavy atom. The monoisotopic (exact) mass is 202 g/mol. The molecule has 0 aliphatic heterocycles. The normalized spacial score (nSPS) is 10.5. The molecule has 0 radical (unpaired) electrons. The Morgan fingerprint density at radius 1 is 1.20 bits per heavy atom. The fraction of sp³-hybridized carbons (Fsp3) is 0.250. The lowest BCUT2D eigenvalue weighted by Crippen LogP contribution is -1.94. The van der Waals surface area contributed by atoms with E-state index in [-0.39, 0.29) is 0 Å². The maximum Gasteiger partial charge on any atom is 0.225 e. The average molecular weight is 202 g/mol. The number of aryl methyl sites for hydroxylation is 2. The van der Waals surface area contributed by atoms with Crippen LogP contribution in [0.5, 0.6) is 0 Å². The van der Waals surface area contributed by atoms with Crippen LogP contribution in [0.3, 0.4) is 0 Å². The molecule has 3 nitrogen and oxygen atoms in total. The van der Waals surface area contributed by atoms with Crippen LogP contribution < -0.4 is 5.73 Å². The number of nitrogen functional groups attached to an aromatic ring is 1. The van der Waals surface area contributed by atoms with Gasteiger partial charge in [-0.25, -0.2) is 0 Å². The third kappa shape index (κ3) is 2.18. The molecule has 3 heteroatoms. The number of rotatable bonds is 3. The summed E-state index contributed by atoms with van der Waals surface area (Å²) in [6, 6.07) is 10.3. The standard InChI is InChI=1S/C12H14N2O/c1-9-11(14-15-12(9)13)8-7-10-5-3-2-4-6-10/h2-6H,7-8,13H2,1H3. The average Bonchev–Trinajstić information content (AvgIpc) is 2.59. The van der Waals surface area contributed by atoms with Gasteiger partial charge >= 0.3 is 0 Å². The first-order valence-corrected chi connectivity index (χ1v) is 5.02. The highest BCUT2D eigenvalue weighted by Gasteiger charge is 2.08. The molecule has 1 aromatic heterocycles. The summed E-state index contributed by atoms with van der Waals surface area (Å²) in [5, 5.41) is 3.93. The van der Waals surface area contributed by atoms with Crippen molar-refractivity contribution < 1.29 is 4.52 Å². The van der Waals surface area contributed by atoms with Gasteiger partial charge < -0.3 is 10.3 Å². The van der Waals surface area contributed by atoms with E-state index in [1.807, 2.05) is 25.1 Å². The van der Waals surface area contributed by atoms with Crippen LogP contribution in [0.15, 0.2) is 34.9 Å². The van der Waals surface area contributed by atoms with E-state index in [1.165, 1.54) is 5.56 Å². The van der Waals surface area contributed by atoms with E-state index in [0.29, 0.717) is 5.88 Å². The Kier molecular flexibility index (Phi) is 2.72. The SMILES string of the molecule is Cc1c(CCc2ccccc2)noc1N. The van der Waals surface area contributed by atoms with Gasteiger partial charge in [0.1, 0.15) is 0 Å². The Labute approximate surface area is 88.9 Å². The first-order chi connectivity index (χ1) is 7.27. The largest absolute Gasteiger partial charge is 0.367 e. The molecule has 0 fully saturated rings. The second kappa shape index (κ2) is 4.17.